The summed E-state index contributed by atoms with van der Waals surface area (Å²) in [7, 11) is 1.57. The third kappa shape index (κ3) is 4.17. The van der Waals surface area contributed by atoms with Crippen LogP contribution in [0.25, 0.3) is 0 Å². The molecular formula is C27H28N2O6. The third-order valence-corrected chi connectivity index (χ3v) is 7.31. The molecule has 8 nitrogen and oxygen atoms in total. The highest BCUT2D eigenvalue weighted by atomic mass is 16.5. The average Bonchev–Trinajstić information content (AvgIpc) is 3.37. The molecule has 35 heavy (non-hydrogen) atoms. The normalized spacial score (nSPS) is 24.1. The molecule has 0 N–H and O–H groups in total. The lowest BCUT2D eigenvalue weighted by atomic mass is 9.81. The Bertz CT molecular complexity index is 1170. The predicted octanol–water partition coefficient (Wildman–Crippen LogP) is 3.64. The summed E-state index contributed by atoms with van der Waals surface area (Å²) in [5.74, 6) is -0.907. The highest BCUT2D eigenvalue weighted by molar-refractivity contribution is 6.22. The van der Waals surface area contributed by atoms with Gasteiger partial charge in [-0.15, -0.1) is 0 Å². The van der Waals surface area contributed by atoms with Crippen molar-refractivity contribution in [1.82, 2.24) is 0 Å². The first kappa shape index (κ1) is 23.1. The highest BCUT2D eigenvalue weighted by Gasteiger charge is 2.49. The zero-order chi connectivity index (χ0) is 24.7. The zero-order valence-electron chi connectivity index (χ0n) is 19.9. The summed E-state index contributed by atoms with van der Waals surface area (Å²) in [6, 6.07) is 12.0. The Labute approximate surface area is 203 Å². The number of rotatable bonds is 5. The molecule has 3 aliphatic rings. The molecule has 2 aliphatic heterocycles. The lowest BCUT2D eigenvalue weighted by molar-refractivity contribution is -0.139. The number of carbonyl (C=O) groups excluding carboxylic acids is 4. The molecule has 182 valence electrons. The molecule has 0 aromatic heterocycles. The molecule has 5 rings (SSSR count). The number of esters is 1. The number of imide groups is 1. The maximum Gasteiger partial charge on any atom is 0.316 e. The second kappa shape index (κ2) is 9.17. The molecule has 2 aromatic carbocycles. The molecule has 0 bridgehead atoms. The number of fused-ring (bicyclic) bond motifs is 1. The second-order valence-corrected chi connectivity index (χ2v) is 9.48. The van der Waals surface area contributed by atoms with Crippen molar-refractivity contribution in [3.63, 3.8) is 0 Å². The van der Waals surface area contributed by atoms with Crippen LogP contribution in [0, 0.1) is 24.7 Å². The molecule has 1 aliphatic carbocycles. The first-order chi connectivity index (χ1) is 16.9. The Hall–Kier alpha value is -3.68. The summed E-state index contributed by atoms with van der Waals surface area (Å²) < 4.78 is 10.7. The van der Waals surface area contributed by atoms with E-state index in [1.165, 1.54) is 4.90 Å². The number of carbonyl (C=O) groups is 4. The second-order valence-electron chi connectivity index (χ2n) is 9.48. The molecule has 2 saturated heterocycles. The van der Waals surface area contributed by atoms with Crippen LogP contribution >= 0.6 is 0 Å². The van der Waals surface area contributed by atoms with E-state index in [2.05, 4.69) is 0 Å². The van der Waals surface area contributed by atoms with Crippen molar-refractivity contribution >= 4 is 35.1 Å². The fraction of sp³-hybridized carbons (Fsp3) is 0.407. The number of ether oxygens (including phenoxy) is 2. The molecule has 3 fully saturated rings. The van der Waals surface area contributed by atoms with Crippen molar-refractivity contribution in [2.24, 2.45) is 17.8 Å². The van der Waals surface area contributed by atoms with Crippen molar-refractivity contribution in [2.75, 3.05) is 23.5 Å². The molecule has 3 amide bonds. The van der Waals surface area contributed by atoms with Crippen LogP contribution in [0.2, 0.25) is 0 Å². The minimum atomic E-state index is -0.588. The largest absolute Gasteiger partial charge is 0.497 e. The van der Waals surface area contributed by atoms with Gasteiger partial charge in [0.05, 0.1) is 30.6 Å². The summed E-state index contributed by atoms with van der Waals surface area (Å²) in [6.45, 7) is 2.03. The van der Waals surface area contributed by atoms with Crippen molar-refractivity contribution in [1.29, 1.82) is 0 Å². The van der Waals surface area contributed by atoms with Gasteiger partial charge in [-0.05, 0) is 67.8 Å². The van der Waals surface area contributed by atoms with E-state index in [9.17, 15) is 19.2 Å². The molecule has 0 spiro atoms. The van der Waals surface area contributed by atoms with Gasteiger partial charge in [0.25, 0.3) is 0 Å². The Morgan fingerprint density at radius 2 is 1.54 bits per heavy atom. The van der Waals surface area contributed by atoms with Gasteiger partial charge in [0.1, 0.15) is 11.5 Å². The van der Waals surface area contributed by atoms with Crippen molar-refractivity contribution in [3.8, 4) is 11.5 Å². The van der Waals surface area contributed by atoms with Gasteiger partial charge in [0.2, 0.25) is 17.7 Å². The van der Waals surface area contributed by atoms with Gasteiger partial charge in [0.15, 0.2) is 0 Å². The van der Waals surface area contributed by atoms with E-state index in [1.807, 2.05) is 0 Å². The number of methoxy groups -OCH3 is 1. The quantitative estimate of drug-likeness (QED) is 0.372. The fourth-order valence-electron chi connectivity index (χ4n) is 5.42. The van der Waals surface area contributed by atoms with Crippen LogP contribution in [0.3, 0.4) is 0 Å². The molecule has 2 aromatic rings. The molecule has 0 radical (unpaired) electrons. The van der Waals surface area contributed by atoms with E-state index in [4.69, 9.17) is 9.47 Å². The lowest BCUT2D eigenvalue weighted by Crippen LogP contribution is -2.31. The van der Waals surface area contributed by atoms with Gasteiger partial charge in [-0.25, -0.2) is 4.90 Å². The highest BCUT2D eigenvalue weighted by Crippen LogP contribution is 2.41. The molecule has 8 heteroatoms. The molecule has 3 atom stereocenters. The smallest absolute Gasteiger partial charge is 0.316 e. The maximum absolute atomic E-state index is 12.9. The summed E-state index contributed by atoms with van der Waals surface area (Å²) in [5, 5.41) is 0. The van der Waals surface area contributed by atoms with Crippen molar-refractivity contribution in [3.05, 3.63) is 48.0 Å². The Morgan fingerprint density at radius 1 is 0.914 bits per heavy atom. The topological polar surface area (TPSA) is 93.2 Å². The SMILES string of the molecule is COc1ccc(N2C[C@H](C(=O)Oc3ccc(N4C(=O)[C@H]5CCCC[C@H]5C4=O)c(C)c3)CC2=O)cc1. The number of aryl methyl sites for hydroxylation is 1. The summed E-state index contributed by atoms with van der Waals surface area (Å²) >= 11 is 0. The van der Waals surface area contributed by atoms with E-state index in [1.54, 1.807) is 61.4 Å². The first-order valence-electron chi connectivity index (χ1n) is 12.0. The lowest BCUT2D eigenvalue weighted by Gasteiger charge is -2.19. The van der Waals surface area contributed by atoms with Gasteiger partial charge >= 0.3 is 5.97 Å². The standard InChI is InChI=1S/C27H28N2O6/c1-16-13-20(11-12-23(16)29-25(31)21-5-3-4-6-22(21)26(29)32)35-27(33)17-14-24(30)28(15-17)18-7-9-19(34-2)10-8-18/h7-13,17,21-22H,3-6,14-15H2,1-2H3/t17-,21-,22+/m1/s1. The molecule has 0 unspecified atom stereocenters. The number of amides is 3. The molecular weight excluding hydrogens is 448 g/mol. The zero-order valence-corrected chi connectivity index (χ0v) is 19.9. The van der Waals surface area contributed by atoms with Crippen LogP contribution in [0.4, 0.5) is 11.4 Å². The monoisotopic (exact) mass is 476 g/mol. The summed E-state index contributed by atoms with van der Waals surface area (Å²) in [4.78, 5) is 54.1. The fourth-order valence-corrected chi connectivity index (χ4v) is 5.42. The number of nitrogens with zero attached hydrogens (tertiary/aromatic N) is 2. The Kier molecular flexibility index (Phi) is 6.05. The third-order valence-electron chi connectivity index (χ3n) is 7.31. The van der Waals surface area contributed by atoms with Crippen molar-refractivity contribution < 1.29 is 28.7 Å². The van der Waals surface area contributed by atoms with Crippen LogP contribution in [-0.4, -0.2) is 37.3 Å². The van der Waals surface area contributed by atoms with Gasteiger partial charge in [0, 0.05) is 18.7 Å². The van der Waals surface area contributed by atoms with E-state index in [-0.39, 0.29) is 42.5 Å². The predicted molar refractivity (Wildman–Crippen MR) is 128 cm³/mol. The average molecular weight is 477 g/mol. The van der Waals surface area contributed by atoms with Gasteiger partial charge in [-0.1, -0.05) is 12.8 Å². The summed E-state index contributed by atoms with van der Waals surface area (Å²) in [5.41, 5.74) is 1.92. The first-order valence-corrected chi connectivity index (χ1v) is 12.0. The Morgan fingerprint density at radius 3 is 2.14 bits per heavy atom. The number of hydrogen-bond donors (Lipinski definition) is 0. The molecule has 1 saturated carbocycles. The van der Waals surface area contributed by atoms with Crippen LogP contribution in [0.5, 0.6) is 11.5 Å². The van der Waals surface area contributed by atoms with E-state index in [0.29, 0.717) is 28.4 Å². The van der Waals surface area contributed by atoms with E-state index in [0.717, 1.165) is 25.7 Å². The van der Waals surface area contributed by atoms with Gasteiger partial charge < -0.3 is 14.4 Å². The maximum atomic E-state index is 12.9. The summed E-state index contributed by atoms with van der Waals surface area (Å²) in [6.07, 6.45) is 3.53. The van der Waals surface area contributed by atoms with Crippen LogP contribution < -0.4 is 19.3 Å². The van der Waals surface area contributed by atoms with Crippen LogP contribution in [0.15, 0.2) is 42.5 Å². The number of anilines is 2. The minimum absolute atomic E-state index is 0.0709. The van der Waals surface area contributed by atoms with Crippen molar-refractivity contribution in [2.45, 2.75) is 39.0 Å². The number of hydrogen-bond acceptors (Lipinski definition) is 6. The van der Waals surface area contributed by atoms with Crippen LogP contribution in [0.1, 0.15) is 37.7 Å². The van der Waals surface area contributed by atoms with Gasteiger partial charge in [-0.2, -0.15) is 0 Å². The van der Waals surface area contributed by atoms with E-state index >= 15 is 0 Å². The Balaban J connectivity index is 1.26. The minimum Gasteiger partial charge on any atom is -0.497 e. The van der Waals surface area contributed by atoms with E-state index < -0.39 is 11.9 Å². The number of benzene rings is 2. The van der Waals surface area contributed by atoms with Crippen LogP contribution in [-0.2, 0) is 19.2 Å². The molecule has 2 heterocycles. The van der Waals surface area contributed by atoms with Gasteiger partial charge in [-0.3, -0.25) is 19.2 Å².